The molecule has 2 rings (SSSR count). The van der Waals surface area contributed by atoms with Gasteiger partial charge >= 0.3 is 0 Å². The molecular weight excluding hydrogens is 248 g/mol. The first-order valence-corrected chi connectivity index (χ1v) is 7.14. The smallest absolute Gasteiger partial charge is 0.131 e. The number of aromatic nitrogens is 2. The Hall–Kier alpha value is -0.580. The summed E-state index contributed by atoms with van der Waals surface area (Å²) in [5.41, 5.74) is 2.23. The highest BCUT2D eigenvalue weighted by atomic mass is 35.5. The Labute approximate surface area is 114 Å². The van der Waals surface area contributed by atoms with E-state index in [1.807, 2.05) is 14.0 Å². The molecule has 18 heavy (non-hydrogen) atoms. The molecule has 0 radical (unpaired) electrons. The van der Waals surface area contributed by atoms with E-state index in [4.69, 9.17) is 11.6 Å². The van der Waals surface area contributed by atoms with Gasteiger partial charge in [-0.05, 0) is 32.9 Å². The van der Waals surface area contributed by atoms with Crippen molar-refractivity contribution in [3.05, 3.63) is 16.4 Å². The average molecular weight is 271 g/mol. The number of rotatable bonds is 5. The van der Waals surface area contributed by atoms with Crippen LogP contribution in [0, 0.1) is 6.92 Å². The van der Waals surface area contributed by atoms with Crippen molar-refractivity contribution in [3.63, 3.8) is 0 Å². The first-order valence-electron chi connectivity index (χ1n) is 6.76. The fourth-order valence-corrected chi connectivity index (χ4v) is 2.92. The summed E-state index contributed by atoms with van der Waals surface area (Å²) in [6.45, 7) is 8.53. The van der Waals surface area contributed by atoms with Crippen LogP contribution in [0.1, 0.15) is 31.0 Å². The van der Waals surface area contributed by atoms with Gasteiger partial charge in [0.25, 0.3) is 0 Å². The van der Waals surface area contributed by atoms with Crippen LogP contribution in [0.15, 0.2) is 0 Å². The topological polar surface area (TPSA) is 33.1 Å². The highest BCUT2D eigenvalue weighted by molar-refractivity contribution is 6.30. The molecule has 1 aromatic heterocycles. The van der Waals surface area contributed by atoms with Gasteiger partial charge in [0.15, 0.2) is 0 Å². The molecule has 1 unspecified atom stereocenters. The number of nitrogens with one attached hydrogen (secondary N) is 1. The quantitative estimate of drug-likeness (QED) is 0.888. The van der Waals surface area contributed by atoms with Crippen LogP contribution in [0.4, 0.5) is 0 Å². The second-order valence-electron chi connectivity index (χ2n) is 5.10. The maximum atomic E-state index is 6.32. The van der Waals surface area contributed by atoms with Gasteiger partial charge in [0, 0.05) is 31.7 Å². The largest absolute Gasteiger partial charge is 0.315 e. The second-order valence-corrected chi connectivity index (χ2v) is 5.45. The summed E-state index contributed by atoms with van der Waals surface area (Å²) in [6, 6.07) is 0.639. The van der Waals surface area contributed by atoms with E-state index in [0.717, 1.165) is 37.0 Å². The zero-order valence-electron chi connectivity index (χ0n) is 11.5. The van der Waals surface area contributed by atoms with Crippen LogP contribution in [-0.2, 0) is 13.6 Å². The van der Waals surface area contributed by atoms with Gasteiger partial charge in [-0.2, -0.15) is 5.10 Å². The molecule has 1 aliphatic heterocycles. The summed E-state index contributed by atoms with van der Waals surface area (Å²) in [7, 11) is 1.90. The number of hydrogen-bond acceptors (Lipinski definition) is 3. The molecule has 1 N–H and O–H groups in total. The summed E-state index contributed by atoms with van der Waals surface area (Å²) < 4.78 is 1.77. The van der Waals surface area contributed by atoms with Gasteiger partial charge < -0.3 is 5.32 Å². The van der Waals surface area contributed by atoms with Crippen LogP contribution in [0.25, 0.3) is 0 Å². The molecule has 0 spiro atoms. The highest BCUT2D eigenvalue weighted by Gasteiger charge is 2.24. The van der Waals surface area contributed by atoms with Gasteiger partial charge in [-0.3, -0.25) is 9.58 Å². The second kappa shape index (κ2) is 6.04. The Bertz CT molecular complexity index is 396. The third kappa shape index (κ3) is 2.87. The molecule has 1 fully saturated rings. The summed E-state index contributed by atoms with van der Waals surface area (Å²) in [6.07, 6.45) is 2.41. The molecule has 0 saturated carbocycles. The van der Waals surface area contributed by atoms with Crippen molar-refractivity contribution in [1.82, 2.24) is 20.0 Å². The SMILES string of the molecule is CCCN(Cc1c(C)nn(C)c1Cl)C1CCNC1. The molecule has 0 amide bonds. The zero-order valence-corrected chi connectivity index (χ0v) is 12.3. The van der Waals surface area contributed by atoms with Crippen molar-refractivity contribution < 1.29 is 0 Å². The Morgan fingerprint density at radius 1 is 1.56 bits per heavy atom. The molecule has 0 aromatic carbocycles. The monoisotopic (exact) mass is 270 g/mol. The van der Waals surface area contributed by atoms with E-state index in [2.05, 4.69) is 22.2 Å². The fourth-order valence-electron chi connectivity index (χ4n) is 2.69. The van der Waals surface area contributed by atoms with Gasteiger partial charge in [-0.25, -0.2) is 0 Å². The first kappa shape index (κ1) is 13.8. The molecule has 1 saturated heterocycles. The maximum absolute atomic E-state index is 6.32. The third-order valence-electron chi connectivity index (χ3n) is 3.69. The molecule has 1 aromatic rings. The minimum atomic E-state index is 0.639. The number of halogens is 1. The first-order chi connectivity index (χ1) is 8.63. The lowest BCUT2D eigenvalue weighted by molar-refractivity contribution is 0.199. The minimum absolute atomic E-state index is 0.639. The van der Waals surface area contributed by atoms with Gasteiger partial charge in [0.2, 0.25) is 0 Å². The van der Waals surface area contributed by atoms with E-state index >= 15 is 0 Å². The van der Waals surface area contributed by atoms with E-state index in [-0.39, 0.29) is 0 Å². The van der Waals surface area contributed by atoms with Crippen LogP contribution in [0.2, 0.25) is 5.15 Å². The Morgan fingerprint density at radius 3 is 2.83 bits per heavy atom. The van der Waals surface area contributed by atoms with Gasteiger partial charge in [-0.15, -0.1) is 0 Å². The number of nitrogens with zero attached hydrogens (tertiary/aromatic N) is 3. The van der Waals surface area contributed by atoms with Crippen LogP contribution >= 0.6 is 11.6 Å². The molecular formula is C13H23ClN4. The van der Waals surface area contributed by atoms with Crippen molar-refractivity contribution in [2.24, 2.45) is 7.05 Å². The number of aryl methyl sites for hydroxylation is 2. The van der Waals surface area contributed by atoms with Crippen LogP contribution < -0.4 is 5.32 Å². The van der Waals surface area contributed by atoms with Crippen LogP contribution in [-0.4, -0.2) is 40.4 Å². The lowest BCUT2D eigenvalue weighted by Crippen LogP contribution is -2.37. The molecule has 5 heteroatoms. The standard InChI is InChI=1S/C13H23ClN4/c1-4-7-18(11-5-6-15-8-11)9-12-10(2)16-17(3)13(12)14/h11,15H,4-9H2,1-3H3. The van der Waals surface area contributed by atoms with E-state index < -0.39 is 0 Å². The lowest BCUT2D eigenvalue weighted by atomic mass is 10.1. The molecule has 102 valence electrons. The molecule has 2 heterocycles. The normalized spacial score (nSPS) is 19.9. The van der Waals surface area contributed by atoms with Crippen LogP contribution in [0.3, 0.4) is 0 Å². The van der Waals surface area contributed by atoms with Crippen molar-refractivity contribution in [1.29, 1.82) is 0 Å². The average Bonchev–Trinajstić information content (AvgIpc) is 2.93. The Morgan fingerprint density at radius 2 is 2.33 bits per heavy atom. The summed E-state index contributed by atoms with van der Waals surface area (Å²) in [5, 5.41) is 8.61. The van der Waals surface area contributed by atoms with E-state index in [0.29, 0.717) is 6.04 Å². The third-order valence-corrected chi connectivity index (χ3v) is 4.17. The predicted octanol–water partition coefficient (Wildman–Crippen LogP) is 1.96. The summed E-state index contributed by atoms with van der Waals surface area (Å²) in [5.74, 6) is 0. The molecule has 0 bridgehead atoms. The van der Waals surface area contributed by atoms with Crippen LogP contribution in [0.5, 0.6) is 0 Å². The van der Waals surface area contributed by atoms with Gasteiger partial charge in [-0.1, -0.05) is 18.5 Å². The zero-order chi connectivity index (χ0) is 13.1. The van der Waals surface area contributed by atoms with Gasteiger partial charge in [0.1, 0.15) is 5.15 Å². The maximum Gasteiger partial charge on any atom is 0.131 e. The molecule has 1 aliphatic rings. The summed E-state index contributed by atoms with van der Waals surface area (Å²) in [4.78, 5) is 2.54. The van der Waals surface area contributed by atoms with Crippen molar-refractivity contribution >= 4 is 11.6 Å². The highest BCUT2D eigenvalue weighted by Crippen LogP contribution is 2.22. The summed E-state index contributed by atoms with van der Waals surface area (Å²) >= 11 is 6.32. The molecule has 0 aliphatic carbocycles. The fraction of sp³-hybridized carbons (Fsp3) is 0.769. The van der Waals surface area contributed by atoms with E-state index in [9.17, 15) is 0 Å². The van der Waals surface area contributed by atoms with Crippen molar-refractivity contribution in [3.8, 4) is 0 Å². The van der Waals surface area contributed by atoms with E-state index in [1.54, 1.807) is 4.68 Å². The van der Waals surface area contributed by atoms with Gasteiger partial charge in [0.05, 0.1) is 5.69 Å². The van der Waals surface area contributed by atoms with Crippen molar-refractivity contribution in [2.75, 3.05) is 19.6 Å². The number of hydrogen-bond donors (Lipinski definition) is 1. The lowest BCUT2D eigenvalue weighted by Gasteiger charge is -2.27. The van der Waals surface area contributed by atoms with E-state index in [1.165, 1.54) is 18.4 Å². The minimum Gasteiger partial charge on any atom is -0.315 e. The predicted molar refractivity (Wildman–Crippen MR) is 74.9 cm³/mol. The molecule has 1 atom stereocenters. The molecule has 4 nitrogen and oxygen atoms in total. The van der Waals surface area contributed by atoms with Crippen molar-refractivity contribution in [2.45, 2.75) is 39.3 Å². The Balaban J connectivity index is 2.12. The Kier molecular flexibility index (Phi) is 4.65.